The standard InChI is InChI=1S/C27H33F3N4O3/c1-18-14-23(37-2)6-7-24(18)33-12-9-22(10-13-33)34-11-8-21(17-34)32-25(35)16-31-26(36)19-4-3-5-20(15-19)27(28,29)30/h3-7,14-15,21-22H,8-13,16-17H2,1-2H3,(H,31,36)(H,32,35)/t21-/m1/s1/i31+1,32+1. The lowest BCUT2D eigenvalue weighted by Gasteiger charge is -2.38. The van der Waals surface area contributed by atoms with Crippen LogP contribution in [0.4, 0.5) is 18.9 Å². The fourth-order valence-electron chi connectivity index (χ4n) is 5.20. The van der Waals surface area contributed by atoms with E-state index < -0.39 is 17.6 Å². The van der Waals surface area contributed by atoms with Crippen molar-refractivity contribution in [1.82, 2.24) is 15.5 Å². The quantitative estimate of drug-likeness (QED) is 0.546. The van der Waals surface area contributed by atoms with Crippen LogP contribution in [0.2, 0.25) is 0 Å². The van der Waals surface area contributed by atoms with Crippen LogP contribution in [0.5, 0.6) is 5.75 Å². The molecule has 0 aliphatic carbocycles. The molecule has 0 spiro atoms. The maximum absolute atomic E-state index is 12.9. The number of piperidine rings is 1. The molecule has 0 saturated carbocycles. The molecule has 37 heavy (non-hydrogen) atoms. The number of carbonyl (C=O) groups is 2. The summed E-state index contributed by atoms with van der Waals surface area (Å²) in [4.78, 5) is 29.4. The first-order chi connectivity index (χ1) is 17.6. The van der Waals surface area contributed by atoms with Crippen molar-refractivity contribution >= 4 is 17.5 Å². The zero-order valence-electron chi connectivity index (χ0n) is 21.1. The average molecular weight is 521 g/mol. The van der Waals surface area contributed by atoms with Crippen LogP contribution in [0.25, 0.3) is 0 Å². The van der Waals surface area contributed by atoms with Gasteiger partial charge in [0, 0.05) is 49.5 Å². The van der Waals surface area contributed by atoms with Crippen LogP contribution in [-0.4, -0.2) is 68.6 Å². The minimum Gasteiger partial charge on any atom is -0.497 e. The van der Waals surface area contributed by atoms with Crippen molar-refractivity contribution < 1.29 is 27.5 Å². The highest BCUT2D eigenvalue weighted by Gasteiger charge is 2.32. The van der Waals surface area contributed by atoms with Crippen molar-refractivity contribution in [2.24, 2.45) is 0 Å². The lowest BCUT2D eigenvalue weighted by molar-refractivity contribution is -0.137. The number of ether oxygens (including phenoxy) is 1. The normalized spacial score (nSPS) is 19.1. The van der Waals surface area contributed by atoms with Crippen LogP contribution in [0, 0.1) is 6.92 Å². The lowest BCUT2D eigenvalue weighted by atomic mass is 10.0. The smallest absolute Gasteiger partial charge is 0.416 e. The topological polar surface area (TPSA) is 73.9 Å². The Morgan fingerprint density at radius 3 is 2.49 bits per heavy atom. The Hall–Kier alpha value is -3.27. The molecule has 1 atom stereocenters. The number of aryl methyl sites for hydroxylation is 1. The maximum atomic E-state index is 12.9. The first kappa shape index (κ1) is 26.8. The number of likely N-dealkylation sites (tertiary alicyclic amines) is 1. The molecule has 0 unspecified atom stereocenters. The van der Waals surface area contributed by atoms with E-state index in [9.17, 15) is 22.8 Å². The Bertz CT molecular complexity index is 1120. The van der Waals surface area contributed by atoms with Gasteiger partial charge in [0.15, 0.2) is 0 Å². The summed E-state index contributed by atoms with van der Waals surface area (Å²) in [7, 11) is 1.67. The van der Waals surface area contributed by atoms with Gasteiger partial charge in [-0.15, -0.1) is 0 Å². The summed E-state index contributed by atoms with van der Waals surface area (Å²) in [6, 6.07) is 10.7. The predicted molar refractivity (Wildman–Crippen MR) is 135 cm³/mol. The van der Waals surface area contributed by atoms with E-state index in [0.29, 0.717) is 6.04 Å². The van der Waals surface area contributed by atoms with Gasteiger partial charge in [-0.2, -0.15) is 13.2 Å². The number of halogens is 3. The fourth-order valence-corrected chi connectivity index (χ4v) is 5.20. The fraction of sp³-hybridized carbons (Fsp3) is 0.481. The van der Waals surface area contributed by atoms with Crippen molar-refractivity contribution in [3.05, 3.63) is 59.2 Å². The van der Waals surface area contributed by atoms with E-state index in [1.165, 1.54) is 23.4 Å². The second-order valence-corrected chi connectivity index (χ2v) is 9.68. The molecule has 2 aliphatic rings. The summed E-state index contributed by atoms with van der Waals surface area (Å²) in [5.74, 6) is -0.207. The Morgan fingerprint density at radius 1 is 1.05 bits per heavy atom. The lowest BCUT2D eigenvalue weighted by Crippen LogP contribution is -2.46. The number of carbonyl (C=O) groups excluding carboxylic acids is 2. The van der Waals surface area contributed by atoms with E-state index in [1.807, 2.05) is 6.07 Å². The van der Waals surface area contributed by atoms with E-state index >= 15 is 0 Å². The van der Waals surface area contributed by atoms with Gasteiger partial charge in [-0.3, -0.25) is 14.5 Å². The molecule has 0 bridgehead atoms. The van der Waals surface area contributed by atoms with Gasteiger partial charge in [0.05, 0.1) is 19.2 Å². The molecule has 2 N–H and O–H groups in total. The number of hydrogen-bond donors (Lipinski definition) is 2. The highest BCUT2D eigenvalue weighted by molar-refractivity contribution is 5.96. The number of rotatable bonds is 7. The monoisotopic (exact) mass is 520 g/mol. The molecule has 10 heteroatoms. The number of methoxy groups -OCH3 is 1. The summed E-state index contributed by atoms with van der Waals surface area (Å²) in [6.07, 6.45) is -1.63. The molecule has 4 rings (SSSR count). The van der Waals surface area contributed by atoms with Crippen LogP contribution in [0.1, 0.15) is 40.7 Å². The number of alkyl halides is 3. The summed E-state index contributed by atoms with van der Waals surface area (Å²) in [5.41, 5.74) is 1.39. The highest BCUT2D eigenvalue weighted by atomic mass is 19.4. The van der Waals surface area contributed by atoms with Gasteiger partial charge in [0.2, 0.25) is 5.91 Å². The minimum absolute atomic E-state index is 0.0141. The van der Waals surface area contributed by atoms with Crippen molar-refractivity contribution in [3.8, 4) is 5.75 Å². The minimum atomic E-state index is -4.53. The van der Waals surface area contributed by atoms with Crippen molar-refractivity contribution in [1.29, 1.82) is 0 Å². The van der Waals surface area contributed by atoms with Crippen LogP contribution < -0.4 is 20.3 Å². The van der Waals surface area contributed by atoms with E-state index in [0.717, 1.165) is 63.3 Å². The molecule has 0 aromatic heterocycles. The third-order valence-electron chi connectivity index (χ3n) is 7.17. The second-order valence-electron chi connectivity index (χ2n) is 9.68. The van der Waals surface area contributed by atoms with Crippen LogP contribution in [-0.2, 0) is 11.0 Å². The van der Waals surface area contributed by atoms with Gasteiger partial charge in [-0.05, 0) is 68.1 Å². The molecule has 2 saturated heterocycles. The zero-order chi connectivity index (χ0) is 26.6. The van der Waals surface area contributed by atoms with E-state index in [4.69, 9.17) is 4.74 Å². The van der Waals surface area contributed by atoms with Gasteiger partial charge in [-0.25, -0.2) is 0 Å². The molecule has 2 aromatic carbocycles. The molecule has 7 nitrogen and oxygen atoms in total. The van der Waals surface area contributed by atoms with Gasteiger partial charge in [0.25, 0.3) is 5.91 Å². The van der Waals surface area contributed by atoms with Gasteiger partial charge in [0.1, 0.15) is 5.75 Å². The molecule has 2 aliphatic heterocycles. The summed E-state index contributed by atoms with van der Waals surface area (Å²) >= 11 is 0. The van der Waals surface area contributed by atoms with Crippen LogP contribution in [0.3, 0.4) is 0 Å². The van der Waals surface area contributed by atoms with Crippen molar-refractivity contribution in [2.45, 2.75) is 44.4 Å². The molecular formula is C27H33F3N4O3. The van der Waals surface area contributed by atoms with Crippen molar-refractivity contribution in [2.75, 3.05) is 44.7 Å². The number of anilines is 1. The van der Waals surface area contributed by atoms with Crippen LogP contribution in [0.15, 0.2) is 42.5 Å². The first-order valence-electron chi connectivity index (χ1n) is 12.5. The number of nitrogens with zero attached hydrogens (tertiary/aromatic N) is 2. The zero-order valence-corrected chi connectivity index (χ0v) is 21.1. The number of amides is 2. The molecule has 0 radical (unpaired) electrons. The van der Waals surface area contributed by atoms with Crippen LogP contribution >= 0.6 is 0 Å². The molecular weight excluding hydrogens is 487 g/mol. The number of nitrogens with one attached hydrogen (secondary N) is 2. The Balaban J connectivity index is 1.20. The predicted octanol–water partition coefficient (Wildman–Crippen LogP) is 3.61. The number of benzene rings is 2. The summed E-state index contributed by atoms with van der Waals surface area (Å²) < 4.78 is 43.9. The maximum Gasteiger partial charge on any atom is 0.416 e. The Labute approximate surface area is 215 Å². The molecule has 2 fully saturated rings. The SMILES string of the molecule is COc1ccc(N2CCC(N3CC[C@@H]([15NH]C(=O)C[15NH]C(=O)c4cccc(C(F)(F)F)c4)C3)CC2)c(C)c1. The highest BCUT2D eigenvalue weighted by Crippen LogP contribution is 2.30. The third kappa shape index (κ3) is 6.74. The average Bonchev–Trinajstić information content (AvgIpc) is 3.35. The molecule has 2 heterocycles. The van der Waals surface area contributed by atoms with E-state index in [2.05, 4.69) is 39.5 Å². The van der Waals surface area contributed by atoms with Gasteiger partial charge in [-0.1, -0.05) is 6.07 Å². The van der Waals surface area contributed by atoms with Gasteiger partial charge < -0.3 is 20.3 Å². The molecule has 2 amide bonds. The summed E-state index contributed by atoms with van der Waals surface area (Å²) in [6.45, 7) is 5.39. The largest absolute Gasteiger partial charge is 0.497 e. The Kier molecular flexibility index (Phi) is 8.26. The van der Waals surface area contributed by atoms with Gasteiger partial charge >= 0.3 is 6.18 Å². The molecule has 200 valence electrons. The van der Waals surface area contributed by atoms with E-state index in [1.54, 1.807) is 7.11 Å². The first-order valence-corrected chi connectivity index (χ1v) is 12.5. The third-order valence-corrected chi connectivity index (χ3v) is 7.17. The second kappa shape index (κ2) is 11.4. The summed E-state index contributed by atoms with van der Waals surface area (Å²) in [5, 5.41) is 5.36. The Morgan fingerprint density at radius 2 is 1.81 bits per heavy atom. The van der Waals surface area contributed by atoms with E-state index in [-0.39, 0.29) is 24.1 Å². The molecule has 2 aromatic rings. The number of hydrogen-bond acceptors (Lipinski definition) is 5. The van der Waals surface area contributed by atoms with Crippen molar-refractivity contribution in [3.63, 3.8) is 0 Å².